The fourth-order valence-electron chi connectivity index (χ4n) is 1.76. The van der Waals surface area contributed by atoms with E-state index in [-0.39, 0.29) is 11.3 Å². The monoisotopic (exact) mass is 276 g/mol. The van der Waals surface area contributed by atoms with Crippen molar-refractivity contribution in [3.05, 3.63) is 45.6 Å². The third-order valence-corrected chi connectivity index (χ3v) is 4.04. The van der Waals surface area contributed by atoms with Crippen molar-refractivity contribution in [2.75, 3.05) is 11.1 Å². The molecule has 0 radical (unpaired) electrons. The van der Waals surface area contributed by atoms with Crippen LogP contribution in [0.3, 0.4) is 0 Å². The summed E-state index contributed by atoms with van der Waals surface area (Å²) in [5, 5.41) is 12.1. The Balaban J connectivity index is 2.03. The highest BCUT2D eigenvalue weighted by molar-refractivity contribution is 7.12. The van der Waals surface area contributed by atoms with E-state index in [1.807, 2.05) is 0 Å². The van der Waals surface area contributed by atoms with Crippen LogP contribution in [0.15, 0.2) is 30.3 Å². The van der Waals surface area contributed by atoms with Crippen LogP contribution < -0.4 is 11.1 Å². The van der Waals surface area contributed by atoms with Crippen LogP contribution in [0.25, 0.3) is 0 Å². The summed E-state index contributed by atoms with van der Waals surface area (Å²) in [6.07, 6.45) is 1.05. The molecule has 0 aliphatic carbocycles. The van der Waals surface area contributed by atoms with Crippen LogP contribution in [-0.2, 0) is 13.0 Å². The predicted molar refractivity (Wildman–Crippen MR) is 78.8 cm³/mol. The first-order chi connectivity index (χ1) is 9.10. The molecule has 0 unspecified atom stereocenters. The second kappa shape index (κ2) is 5.75. The first kappa shape index (κ1) is 13.4. The molecule has 1 aromatic heterocycles. The molecule has 100 valence electrons. The molecule has 5 heteroatoms. The highest BCUT2D eigenvalue weighted by atomic mass is 32.1. The summed E-state index contributed by atoms with van der Waals surface area (Å²) >= 11 is 1.78. The molecule has 4 N–H and O–H groups in total. The van der Waals surface area contributed by atoms with E-state index < -0.39 is 5.97 Å². The van der Waals surface area contributed by atoms with Crippen molar-refractivity contribution in [2.45, 2.75) is 19.9 Å². The number of nitrogen functional groups attached to an aromatic ring is 1. The summed E-state index contributed by atoms with van der Waals surface area (Å²) in [6.45, 7) is 2.85. The molecule has 0 spiro atoms. The van der Waals surface area contributed by atoms with Crippen molar-refractivity contribution < 1.29 is 9.90 Å². The van der Waals surface area contributed by atoms with Crippen LogP contribution >= 0.6 is 11.3 Å². The van der Waals surface area contributed by atoms with E-state index in [0.29, 0.717) is 0 Å². The Morgan fingerprint density at radius 1 is 1.32 bits per heavy atom. The van der Waals surface area contributed by atoms with Gasteiger partial charge in [-0.25, -0.2) is 4.79 Å². The van der Waals surface area contributed by atoms with E-state index in [2.05, 4.69) is 24.4 Å². The molecule has 1 heterocycles. The van der Waals surface area contributed by atoms with Crippen LogP contribution in [0.4, 0.5) is 11.4 Å². The van der Waals surface area contributed by atoms with Crippen LogP contribution in [0.1, 0.15) is 27.0 Å². The number of nitrogens with two attached hydrogens (primary N) is 1. The van der Waals surface area contributed by atoms with Gasteiger partial charge in [0.2, 0.25) is 0 Å². The smallest absolute Gasteiger partial charge is 0.337 e. The normalized spacial score (nSPS) is 10.4. The maximum Gasteiger partial charge on any atom is 0.337 e. The van der Waals surface area contributed by atoms with E-state index in [9.17, 15) is 4.79 Å². The van der Waals surface area contributed by atoms with Crippen molar-refractivity contribution in [3.63, 3.8) is 0 Å². The van der Waals surface area contributed by atoms with Gasteiger partial charge in [-0.05, 0) is 36.8 Å². The lowest BCUT2D eigenvalue weighted by Crippen LogP contribution is -2.04. The Labute approximate surface area is 115 Å². The molecule has 0 saturated heterocycles. The molecule has 0 atom stereocenters. The van der Waals surface area contributed by atoms with Crippen LogP contribution in [0, 0.1) is 0 Å². The van der Waals surface area contributed by atoms with Gasteiger partial charge >= 0.3 is 5.97 Å². The van der Waals surface area contributed by atoms with Gasteiger partial charge in [0.25, 0.3) is 0 Å². The molecule has 4 nitrogen and oxygen atoms in total. The molecule has 0 saturated carbocycles. The Morgan fingerprint density at radius 3 is 2.63 bits per heavy atom. The van der Waals surface area contributed by atoms with E-state index in [1.54, 1.807) is 23.5 Å². The summed E-state index contributed by atoms with van der Waals surface area (Å²) in [7, 11) is 0. The summed E-state index contributed by atoms with van der Waals surface area (Å²) in [4.78, 5) is 13.5. The zero-order chi connectivity index (χ0) is 13.8. The van der Waals surface area contributed by atoms with Crippen molar-refractivity contribution in [3.8, 4) is 0 Å². The molecular weight excluding hydrogens is 260 g/mol. The largest absolute Gasteiger partial charge is 0.478 e. The van der Waals surface area contributed by atoms with E-state index in [4.69, 9.17) is 10.8 Å². The van der Waals surface area contributed by atoms with Crippen molar-refractivity contribution >= 4 is 28.7 Å². The molecular formula is C14H16N2O2S. The van der Waals surface area contributed by atoms with Gasteiger partial charge in [0.05, 0.1) is 5.56 Å². The first-order valence-electron chi connectivity index (χ1n) is 6.04. The van der Waals surface area contributed by atoms with Crippen molar-refractivity contribution in [1.29, 1.82) is 0 Å². The molecule has 0 amide bonds. The second-order valence-corrected chi connectivity index (χ2v) is 5.44. The number of benzene rings is 1. The summed E-state index contributed by atoms with van der Waals surface area (Å²) in [6, 6.07) is 9.13. The maximum atomic E-state index is 10.8. The van der Waals surface area contributed by atoms with Gasteiger partial charge in [0.1, 0.15) is 0 Å². The lowest BCUT2D eigenvalue weighted by Gasteiger charge is -2.07. The van der Waals surface area contributed by atoms with Gasteiger partial charge < -0.3 is 16.2 Å². The predicted octanol–water partition coefficient (Wildman–Crippen LogP) is 3.20. The highest BCUT2D eigenvalue weighted by Crippen LogP contribution is 2.21. The number of rotatable bonds is 5. The molecule has 0 fully saturated rings. The number of hydrogen-bond acceptors (Lipinski definition) is 4. The Morgan fingerprint density at radius 2 is 2.05 bits per heavy atom. The van der Waals surface area contributed by atoms with E-state index in [0.717, 1.165) is 18.7 Å². The molecule has 0 aliphatic heterocycles. The number of anilines is 2. The zero-order valence-electron chi connectivity index (χ0n) is 10.6. The molecule has 0 bridgehead atoms. The quantitative estimate of drug-likeness (QED) is 0.733. The average molecular weight is 276 g/mol. The number of thiophene rings is 1. The summed E-state index contributed by atoms with van der Waals surface area (Å²) < 4.78 is 0. The minimum atomic E-state index is -1.00. The molecule has 19 heavy (non-hydrogen) atoms. The van der Waals surface area contributed by atoms with Gasteiger partial charge in [-0.3, -0.25) is 0 Å². The second-order valence-electron chi connectivity index (χ2n) is 4.18. The van der Waals surface area contributed by atoms with Gasteiger partial charge in [-0.15, -0.1) is 11.3 Å². The third-order valence-electron chi connectivity index (χ3n) is 2.81. The van der Waals surface area contributed by atoms with E-state index in [1.165, 1.54) is 15.8 Å². The standard InChI is InChI=1S/C14H16N2O2S/c1-2-10-4-5-11(19-10)8-16-9-3-6-12(14(17)18)13(15)7-9/h3-7,16H,2,8,15H2,1H3,(H,17,18). The zero-order valence-corrected chi connectivity index (χ0v) is 11.5. The van der Waals surface area contributed by atoms with Gasteiger partial charge in [0.15, 0.2) is 0 Å². The number of carboxylic acids is 1. The highest BCUT2D eigenvalue weighted by Gasteiger charge is 2.07. The number of nitrogens with one attached hydrogen (secondary N) is 1. The summed E-state index contributed by atoms with van der Waals surface area (Å²) in [5.41, 5.74) is 6.94. The van der Waals surface area contributed by atoms with Gasteiger partial charge in [-0.1, -0.05) is 6.92 Å². The number of carboxylic acid groups (broad SMARTS) is 1. The number of aromatic carboxylic acids is 1. The molecule has 2 aromatic rings. The molecule has 0 aliphatic rings. The number of carbonyl (C=O) groups is 1. The SMILES string of the molecule is CCc1ccc(CNc2ccc(C(=O)O)c(N)c2)s1. The van der Waals surface area contributed by atoms with Crippen molar-refractivity contribution in [2.24, 2.45) is 0 Å². The van der Waals surface area contributed by atoms with Crippen molar-refractivity contribution in [1.82, 2.24) is 0 Å². The van der Waals surface area contributed by atoms with Crippen LogP contribution in [0.2, 0.25) is 0 Å². The minimum Gasteiger partial charge on any atom is -0.478 e. The first-order valence-corrected chi connectivity index (χ1v) is 6.86. The fourth-order valence-corrected chi connectivity index (χ4v) is 2.66. The Kier molecular flexibility index (Phi) is 4.06. The average Bonchev–Trinajstić information content (AvgIpc) is 2.84. The fraction of sp³-hybridized carbons (Fsp3) is 0.214. The Hall–Kier alpha value is -2.01. The summed E-state index contributed by atoms with van der Waals surface area (Å²) in [5.74, 6) is -1.00. The van der Waals surface area contributed by atoms with Gasteiger partial charge in [-0.2, -0.15) is 0 Å². The topological polar surface area (TPSA) is 75.3 Å². The Bertz CT molecular complexity index is 593. The van der Waals surface area contributed by atoms with Gasteiger partial charge in [0, 0.05) is 27.7 Å². The molecule has 2 rings (SSSR count). The lowest BCUT2D eigenvalue weighted by atomic mass is 10.1. The number of hydrogen-bond donors (Lipinski definition) is 3. The number of aryl methyl sites for hydroxylation is 1. The maximum absolute atomic E-state index is 10.8. The minimum absolute atomic E-state index is 0.134. The third kappa shape index (κ3) is 3.26. The van der Waals surface area contributed by atoms with E-state index >= 15 is 0 Å². The van der Waals surface area contributed by atoms with Crippen LogP contribution in [-0.4, -0.2) is 11.1 Å². The lowest BCUT2D eigenvalue weighted by molar-refractivity contribution is 0.0698. The van der Waals surface area contributed by atoms with Crippen LogP contribution in [0.5, 0.6) is 0 Å². The molecule has 1 aromatic carbocycles.